The highest BCUT2D eigenvalue weighted by atomic mass is 35.5. The summed E-state index contributed by atoms with van der Waals surface area (Å²) in [6.07, 6.45) is 3.13. The number of hydrogen-bond acceptors (Lipinski definition) is 2. The Balaban J connectivity index is 2.12. The van der Waals surface area contributed by atoms with Gasteiger partial charge in [-0.1, -0.05) is 35.9 Å². The van der Waals surface area contributed by atoms with E-state index in [0.717, 1.165) is 11.1 Å². The normalized spacial score (nSPS) is 10.6. The lowest BCUT2D eigenvalue weighted by molar-refractivity contribution is -0.111. The van der Waals surface area contributed by atoms with Crippen molar-refractivity contribution in [3.63, 3.8) is 0 Å². The predicted octanol–water partition coefficient (Wildman–Crippen LogP) is 4.31. The fourth-order valence-electron chi connectivity index (χ4n) is 1.87. The van der Waals surface area contributed by atoms with E-state index in [-0.39, 0.29) is 5.91 Å². The molecule has 0 aliphatic carbocycles. The number of nitrogens with one attached hydrogen (secondary N) is 1. The number of halogens is 1. The average molecular weight is 302 g/mol. The van der Waals surface area contributed by atoms with Crippen molar-refractivity contribution in [2.45, 2.75) is 6.92 Å². The zero-order chi connectivity index (χ0) is 15.2. The molecule has 4 heteroatoms. The van der Waals surface area contributed by atoms with Gasteiger partial charge in [0.05, 0.1) is 12.8 Å². The third kappa shape index (κ3) is 4.10. The summed E-state index contributed by atoms with van der Waals surface area (Å²) in [7, 11) is 1.57. The maximum Gasteiger partial charge on any atom is 0.248 e. The van der Waals surface area contributed by atoms with Crippen molar-refractivity contribution in [1.29, 1.82) is 0 Å². The van der Waals surface area contributed by atoms with Crippen LogP contribution in [0.25, 0.3) is 6.08 Å². The van der Waals surface area contributed by atoms with Crippen molar-refractivity contribution in [1.82, 2.24) is 0 Å². The molecule has 0 saturated carbocycles. The second-order valence-electron chi connectivity index (χ2n) is 4.55. The maximum atomic E-state index is 12.0. The lowest BCUT2D eigenvalue weighted by atomic mass is 10.2. The molecule has 2 rings (SSSR count). The first-order chi connectivity index (χ1) is 10.1. The monoisotopic (exact) mass is 301 g/mol. The lowest BCUT2D eigenvalue weighted by Gasteiger charge is -2.09. The van der Waals surface area contributed by atoms with Crippen LogP contribution in [0, 0.1) is 6.92 Å². The van der Waals surface area contributed by atoms with E-state index in [9.17, 15) is 4.79 Å². The van der Waals surface area contributed by atoms with Crippen LogP contribution in [-0.4, -0.2) is 13.0 Å². The van der Waals surface area contributed by atoms with Crippen molar-refractivity contribution in [2.75, 3.05) is 12.4 Å². The molecule has 108 valence electrons. The van der Waals surface area contributed by atoms with E-state index >= 15 is 0 Å². The molecule has 0 unspecified atom stereocenters. The molecule has 0 atom stereocenters. The molecular formula is C17H16ClNO2. The smallest absolute Gasteiger partial charge is 0.248 e. The summed E-state index contributed by atoms with van der Waals surface area (Å²) < 4.78 is 5.22. The van der Waals surface area contributed by atoms with E-state index in [1.54, 1.807) is 19.3 Å². The summed E-state index contributed by atoms with van der Waals surface area (Å²) in [5.74, 6) is 0.388. The molecule has 1 N–H and O–H groups in total. The van der Waals surface area contributed by atoms with Gasteiger partial charge in [0.2, 0.25) is 5.91 Å². The number of carbonyl (C=O) groups excluding carboxylic acids is 1. The van der Waals surface area contributed by atoms with E-state index in [1.165, 1.54) is 6.08 Å². The number of methoxy groups -OCH3 is 1. The van der Waals surface area contributed by atoms with Gasteiger partial charge >= 0.3 is 0 Å². The summed E-state index contributed by atoms with van der Waals surface area (Å²) in [6.45, 7) is 1.95. The molecule has 21 heavy (non-hydrogen) atoms. The van der Waals surface area contributed by atoms with E-state index in [1.807, 2.05) is 43.3 Å². The van der Waals surface area contributed by atoms with Crippen LogP contribution in [0.4, 0.5) is 5.69 Å². The molecule has 2 aromatic carbocycles. The fourth-order valence-corrected chi connectivity index (χ4v) is 2.07. The van der Waals surface area contributed by atoms with Gasteiger partial charge in [0.1, 0.15) is 5.75 Å². The van der Waals surface area contributed by atoms with Gasteiger partial charge in [-0.3, -0.25) is 4.79 Å². The molecule has 0 saturated heterocycles. The lowest BCUT2D eigenvalue weighted by Crippen LogP contribution is -2.09. The largest absolute Gasteiger partial charge is 0.495 e. The average Bonchev–Trinajstić information content (AvgIpc) is 2.47. The van der Waals surface area contributed by atoms with Crippen molar-refractivity contribution in [2.24, 2.45) is 0 Å². The molecule has 0 aliphatic rings. The summed E-state index contributed by atoms with van der Waals surface area (Å²) in [5.41, 5.74) is 2.48. The van der Waals surface area contributed by atoms with Gasteiger partial charge in [-0.05, 0) is 42.3 Å². The first-order valence-electron chi connectivity index (χ1n) is 6.48. The number of hydrogen-bond donors (Lipinski definition) is 1. The van der Waals surface area contributed by atoms with E-state index in [0.29, 0.717) is 16.5 Å². The van der Waals surface area contributed by atoms with Crippen molar-refractivity contribution >= 4 is 29.3 Å². The Kier molecular flexibility index (Phi) is 5.01. The van der Waals surface area contributed by atoms with Crippen LogP contribution in [-0.2, 0) is 4.79 Å². The molecular weight excluding hydrogens is 286 g/mol. The summed E-state index contributed by atoms with van der Waals surface area (Å²) in [6, 6.07) is 12.9. The van der Waals surface area contributed by atoms with Crippen LogP contribution >= 0.6 is 11.6 Å². The Morgan fingerprint density at radius 2 is 2.00 bits per heavy atom. The molecule has 0 heterocycles. The Morgan fingerprint density at radius 3 is 2.71 bits per heavy atom. The van der Waals surface area contributed by atoms with Gasteiger partial charge in [-0.2, -0.15) is 0 Å². The van der Waals surface area contributed by atoms with Crippen LogP contribution in [0.3, 0.4) is 0 Å². The van der Waals surface area contributed by atoms with Gasteiger partial charge in [-0.25, -0.2) is 0 Å². The molecule has 0 aromatic heterocycles. The van der Waals surface area contributed by atoms with Crippen molar-refractivity contribution < 1.29 is 9.53 Å². The SMILES string of the molecule is COc1ccc(C)cc1NC(=O)C=Cc1ccccc1Cl. The molecule has 0 radical (unpaired) electrons. The highest BCUT2D eigenvalue weighted by Crippen LogP contribution is 2.25. The van der Waals surface area contributed by atoms with E-state index in [4.69, 9.17) is 16.3 Å². The Bertz CT molecular complexity index is 680. The topological polar surface area (TPSA) is 38.3 Å². The number of anilines is 1. The maximum absolute atomic E-state index is 12.0. The highest BCUT2D eigenvalue weighted by Gasteiger charge is 2.05. The minimum absolute atomic E-state index is 0.237. The van der Waals surface area contributed by atoms with Gasteiger partial charge in [0, 0.05) is 11.1 Å². The first kappa shape index (κ1) is 15.1. The van der Waals surface area contributed by atoms with Crippen LogP contribution in [0.1, 0.15) is 11.1 Å². The first-order valence-corrected chi connectivity index (χ1v) is 6.86. The zero-order valence-corrected chi connectivity index (χ0v) is 12.6. The van der Waals surface area contributed by atoms with Gasteiger partial charge in [-0.15, -0.1) is 0 Å². The number of rotatable bonds is 4. The van der Waals surface area contributed by atoms with Crippen LogP contribution in [0.15, 0.2) is 48.5 Å². The number of amides is 1. The minimum Gasteiger partial charge on any atom is -0.495 e. The molecule has 0 spiro atoms. The number of aryl methyl sites for hydroxylation is 1. The number of ether oxygens (including phenoxy) is 1. The van der Waals surface area contributed by atoms with Crippen molar-refractivity contribution in [3.05, 3.63) is 64.7 Å². The minimum atomic E-state index is -0.237. The number of carbonyl (C=O) groups is 1. The fraction of sp³-hybridized carbons (Fsp3) is 0.118. The molecule has 0 fully saturated rings. The Labute approximate surface area is 129 Å². The van der Waals surface area contributed by atoms with Crippen LogP contribution in [0.5, 0.6) is 5.75 Å². The van der Waals surface area contributed by atoms with Gasteiger partial charge < -0.3 is 10.1 Å². The quantitative estimate of drug-likeness (QED) is 0.855. The number of benzene rings is 2. The van der Waals surface area contributed by atoms with Gasteiger partial charge in [0.25, 0.3) is 0 Å². The summed E-state index contributed by atoms with van der Waals surface area (Å²) in [5, 5.41) is 3.40. The molecule has 0 bridgehead atoms. The Morgan fingerprint density at radius 1 is 1.24 bits per heavy atom. The summed E-state index contributed by atoms with van der Waals surface area (Å²) >= 11 is 6.03. The van der Waals surface area contributed by atoms with E-state index < -0.39 is 0 Å². The standard InChI is InChI=1S/C17H16ClNO2/c1-12-7-9-16(21-2)15(11-12)19-17(20)10-8-13-5-3-4-6-14(13)18/h3-11H,1-2H3,(H,19,20). The molecule has 0 aliphatic heterocycles. The van der Waals surface area contributed by atoms with Crippen molar-refractivity contribution in [3.8, 4) is 5.75 Å². The second-order valence-corrected chi connectivity index (χ2v) is 4.96. The van der Waals surface area contributed by atoms with Crippen LogP contribution in [0.2, 0.25) is 5.02 Å². The molecule has 3 nitrogen and oxygen atoms in total. The van der Waals surface area contributed by atoms with E-state index in [2.05, 4.69) is 5.32 Å². The third-order valence-corrected chi connectivity index (χ3v) is 3.28. The predicted molar refractivity (Wildman–Crippen MR) is 86.8 cm³/mol. The zero-order valence-electron chi connectivity index (χ0n) is 11.9. The third-order valence-electron chi connectivity index (χ3n) is 2.93. The highest BCUT2D eigenvalue weighted by molar-refractivity contribution is 6.32. The Hall–Kier alpha value is -2.26. The van der Waals surface area contributed by atoms with Gasteiger partial charge in [0.15, 0.2) is 0 Å². The summed E-state index contributed by atoms with van der Waals surface area (Å²) in [4.78, 5) is 12.0. The second kappa shape index (κ2) is 6.95. The van der Waals surface area contributed by atoms with Crippen LogP contribution < -0.4 is 10.1 Å². The molecule has 1 amide bonds. The molecule has 2 aromatic rings.